The summed E-state index contributed by atoms with van der Waals surface area (Å²) < 4.78 is 23.9. The first kappa shape index (κ1) is 46.6. The molecule has 10 unspecified atom stereocenters. The molecule has 292 valence electrons. The molecule has 50 heavy (non-hydrogen) atoms. The highest BCUT2D eigenvalue weighted by molar-refractivity contribution is 6.74. The molecule has 12 heteroatoms. The summed E-state index contributed by atoms with van der Waals surface area (Å²) in [6.07, 6.45) is -0.00555. The zero-order valence-corrected chi connectivity index (χ0v) is 37.0. The lowest BCUT2D eigenvalue weighted by Crippen LogP contribution is -2.50. The first-order valence-electron chi connectivity index (χ1n) is 19.0. The Morgan fingerprint density at radius 3 is 1.46 bits per heavy atom. The van der Waals surface area contributed by atoms with Crippen LogP contribution in [-0.2, 0) is 27.9 Å². The third-order valence-electron chi connectivity index (χ3n) is 14.2. The van der Waals surface area contributed by atoms with E-state index >= 15 is 0 Å². The van der Waals surface area contributed by atoms with Gasteiger partial charge in [0.2, 0.25) is 0 Å². The molecule has 0 amide bonds. The molecule has 2 rings (SSSR count). The molecule has 0 heterocycles. The number of hydrogen-bond donors (Lipinski definition) is 1. The molecule has 0 radical (unpaired) electrons. The Kier molecular flexibility index (Phi) is 17.3. The number of rotatable bonds is 13. The summed E-state index contributed by atoms with van der Waals surface area (Å²) in [6.45, 7) is 40.1. The topological polar surface area (TPSA) is 140 Å². The van der Waals surface area contributed by atoms with E-state index in [1.165, 1.54) is 13.8 Å². The molecular formula is C38H75N3O7Si2. The van der Waals surface area contributed by atoms with Crippen molar-refractivity contribution in [1.82, 2.24) is 0 Å². The summed E-state index contributed by atoms with van der Waals surface area (Å²) in [5, 5.41) is 14.7. The fourth-order valence-electron chi connectivity index (χ4n) is 7.20. The summed E-state index contributed by atoms with van der Waals surface area (Å²) in [6, 6.07) is -0.312. The van der Waals surface area contributed by atoms with Crippen molar-refractivity contribution in [2.75, 3.05) is 13.2 Å². The summed E-state index contributed by atoms with van der Waals surface area (Å²) in [5.41, 5.74) is 8.89. The van der Waals surface area contributed by atoms with Crippen LogP contribution in [0.1, 0.15) is 110 Å². The van der Waals surface area contributed by atoms with E-state index in [2.05, 4.69) is 112 Å². The van der Waals surface area contributed by atoms with Crippen LogP contribution in [0, 0.1) is 47.3 Å². The molecule has 2 fully saturated rings. The highest BCUT2D eigenvalue weighted by Crippen LogP contribution is 2.47. The summed E-state index contributed by atoms with van der Waals surface area (Å²) in [7, 11) is -3.78. The van der Waals surface area contributed by atoms with E-state index in [1.54, 1.807) is 0 Å². The average Bonchev–Trinajstić information content (AvgIpc) is 2.99. The van der Waals surface area contributed by atoms with Crippen LogP contribution in [0.3, 0.4) is 0 Å². The van der Waals surface area contributed by atoms with Gasteiger partial charge < -0.3 is 23.4 Å². The van der Waals surface area contributed by atoms with Crippen LogP contribution in [0.2, 0.25) is 36.3 Å². The molecule has 10 atom stereocenters. The highest BCUT2D eigenvalue weighted by atomic mass is 28.4. The van der Waals surface area contributed by atoms with E-state index in [4.69, 9.17) is 23.9 Å². The van der Waals surface area contributed by atoms with Crippen molar-refractivity contribution in [2.45, 2.75) is 170 Å². The van der Waals surface area contributed by atoms with Gasteiger partial charge in [0.15, 0.2) is 16.6 Å². The molecule has 0 aromatic carbocycles. The van der Waals surface area contributed by atoms with Crippen LogP contribution in [0.15, 0.2) is 5.11 Å². The minimum absolute atomic E-state index is 0.0968. The van der Waals surface area contributed by atoms with Gasteiger partial charge in [-0.1, -0.05) is 88.2 Å². The quantitative estimate of drug-likeness (QED) is 0.0652. The second-order valence-corrected chi connectivity index (χ2v) is 27.5. The van der Waals surface area contributed by atoms with Crippen LogP contribution >= 0.6 is 0 Å². The zero-order chi connectivity index (χ0) is 39.2. The number of azide groups is 1. The first-order chi connectivity index (χ1) is 22.7. The van der Waals surface area contributed by atoms with Gasteiger partial charge in [-0.3, -0.25) is 9.59 Å². The maximum absolute atomic E-state index is 11.5. The van der Waals surface area contributed by atoms with Crippen molar-refractivity contribution in [1.29, 1.82) is 0 Å². The zero-order valence-electron chi connectivity index (χ0n) is 35.0. The van der Waals surface area contributed by atoms with Crippen molar-refractivity contribution in [3.05, 3.63) is 10.4 Å². The molecular weight excluding hydrogens is 667 g/mol. The van der Waals surface area contributed by atoms with Gasteiger partial charge >= 0.3 is 11.9 Å². The molecule has 2 saturated carbocycles. The molecule has 10 nitrogen and oxygen atoms in total. The second-order valence-electron chi connectivity index (χ2n) is 18.3. The van der Waals surface area contributed by atoms with Gasteiger partial charge in [0.25, 0.3) is 0 Å². The monoisotopic (exact) mass is 742 g/mol. The van der Waals surface area contributed by atoms with Crippen LogP contribution in [0.25, 0.3) is 10.4 Å². The molecule has 0 saturated heterocycles. The van der Waals surface area contributed by atoms with E-state index in [0.29, 0.717) is 55.6 Å². The fourth-order valence-corrected chi connectivity index (χ4v) is 12.0. The number of aliphatic hydroxyl groups excluding tert-OH is 1. The van der Waals surface area contributed by atoms with E-state index in [9.17, 15) is 14.7 Å². The van der Waals surface area contributed by atoms with Gasteiger partial charge in [-0.05, 0) is 102 Å². The smallest absolute Gasteiger partial charge is 0.302 e. The standard InChI is InChI=1S/C19H37N3O3Si.C19H38O4Si/c1-12(2)19(6,7)26(8,9)24-11-16-10-17(25-15(5)23)18(21-22-20)14(4)13(16)3;1-12(2)19(6,7)24(8,9)22-11-16-10-17(23-15(5)20)18(21)14(4)13(16)3/h12-14,16-18H,10-11H2,1-9H3;12-14,16-18,21H,10-11H2,1-9H3. The van der Waals surface area contributed by atoms with E-state index in [1.807, 2.05) is 6.92 Å². The number of nitrogens with zero attached hydrogens (tertiary/aromatic N) is 3. The third kappa shape index (κ3) is 11.5. The molecule has 2 aliphatic rings. The van der Waals surface area contributed by atoms with Crippen molar-refractivity contribution in [3.63, 3.8) is 0 Å². The number of carbonyl (C=O) groups excluding carboxylic acids is 2. The Bertz CT molecular complexity index is 1160. The third-order valence-corrected chi connectivity index (χ3v) is 23.3. The number of esters is 2. The van der Waals surface area contributed by atoms with Gasteiger partial charge in [0, 0.05) is 32.0 Å². The lowest BCUT2D eigenvalue weighted by Gasteiger charge is -2.46. The largest absolute Gasteiger partial charge is 0.462 e. The molecule has 0 aromatic heterocycles. The van der Waals surface area contributed by atoms with E-state index in [0.717, 1.165) is 0 Å². The molecule has 0 spiro atoms. The Hall–Kier alpha value is -1.44. The minimum Gasteiger partial charge on any atom is -0.462 e. The molecule has 2 aliphatic carbocycles. The first-order valence-corrected chi connectivity index (χ1v) is 24.8. The molecule has 1 N–H and O–H groups in total. The Labute approximate surface area is 307 Å². The van der Waals surface area contributed by atoms with Gasteiger partial charge in [-0.2, -0.15) is 0 Å². The van der Waals surface area contributed by atoms with Gasteiger partial charge in [0.1, 0.15) is 12.2 Å². The van der Waals surface area contributed by atoms with E-state index in [-0.39, 0.29) is 51.9 Å². The minimum atomic E-state index is -1.91. The molecule has 0 aliphatic heterocycles. The van der Waals surface area contributed by atoms with E-state index < -0.39 is 28.8 Å². The Balaban J connectivity index is 0.000000502. The second kappa shape index (κ2) is 18.5. The number of carbonyl (C=O) groups is 2. The van der Waals surface area contributed by atoms with Gasteiger partial charge in [-0.15, -0.1) is 0 Å². The lowest BCUT2D eigenvalue weighted by molar-refractivity contribution is -0.164. The van der Waals surface area contributed by atoms with Crippen molar-refractivity contribution in [3.8, 4) is 0 Å². The average molecular weight is 742 g/mol. The summed E-state index contributed by atoms with van der Waals surface area (Å²) in [5.74, 6) is 1.98. The number of hydrogen-bond acceptors (Lipinski definition) is 8. The predicted octanol–water partition coefficient (Wildman–Crippen LogP) is 9.78. The van der Waals surface area contributed by atoms with Crippen molar-refractivity contribution < 1.29 is 33.0 Å². The van der Waals surface area contributed by atoms with Crippen LogP contribution in [0.4, 0.5) is 0 Å². The van der Waals surface area contributed by atoms with Crippen molar-refractivity contribution >= 4 is 28.6 Å². The fraction of sp³-hybridized carbons (Fsp3) is 0.947. The van der Waals surface area contributed by atoms with Crippen LogP contribution in [0.5, 0.6) is 0 Å². The molecule has 0 aromatic rings. The number of aliphatic hydroxyl groups is 1. The Morgan fingerprint density at radius 1 is 0.740 bits per heavy atom. The maximum atomic E-state index is 11.5. The maximum Gasteiger partial charge on any atom is 0.302 e. The van der Waals surface area contributed by atoms with Gasteiger partial charge in [0.05, 0.1) is 12.1 Å². The summed E-state index contributed by atoms with van der Waals surface area (Å²) >= 11 is 0. The number of ether oxygens (including phenoxy) is 2. The molecule has 0 bridgehead atoms. The van der Waals surface area contributed by atoms with Crippen LogP contribution in [-0.4, -0.2) is 71.2 Å². The predicted molar refractivity (Wildman–Crippen MR) is 208 cm³/mol. The Morgan fingerprint density at radius 2 is 1.10 bits per heavy atom. The summed E-state index contributed by atoms with van der Waals surface area (Å²) in [4.78, 5) is 25.8. The van der Waals surface area contributed by atoms with Crippen molar-refractivity contribution in [2.24, 2.45) is 52.5 Å². The highest BCUT2D eigenvalue weighted by Gasteiger charge is 2.48. The lowest BCUT2D eigenvalue weighted by atomic mass is 9.70. The van der Waals surface area contributed by atoms with Gasteiger partial charge in [-0.25, -0.2) is 0 Å². The van der Waals surface area contributed by atoms with Crippen LogP contribution < -0.4 is 0 Å². The SMILES string of the molecule is CC(=O)OC1CC(CO[Si](C)(C)C(C)(C)C(C)C)C(C)C(C)C1N=[N+]=[N-].CC(=O)OC1CC(CO[Si](C)(C)C(C)(C)C(C)C)C(C)C(C)C1O. The normalized spacial score (nSPS) is 31.0.